The van der Waals surface area contributed by atoms with Crippen LogP contribution in [-0.2, 0) is 6.54 Å². The molecule has 0 aliphatic rings. The number of hydrogen-bond acceptors (Lipinski definition) is 7. The molecule has 0 bridgehead atoms. The molecule has 3 heterocycles. The lowest BCUT2D eigenvalue weighted by Gasteiger charge is -2.05. The van der Waals surface area contributed by atoms with Crippen molar-refractivity contribution < 1.29 is 0 Å². The van der Waals surface area contributed by atoms with E-state index in [1.807, 2.05) is 23.8 Å². The van der Waals surface area contributed by atoms with Crippen LogP contribution in [0.4, 0.5) is 10.8 Å². The van der Waals surface area contributed by atoms with E-state index in [0.717, 1.165) is 22.7 Å². The van der Waals surface area contributed by atoms with E-state index in [9.17, 15) is 0 Å². The van der Waals surface area contributed by atoms with Crippen LogP contribution in [0.25, 0.3) is 11.1 Å². The average molecular weight is 289 g/mol. The number of nitrogens with two attached hydrogens (primary N) is 1. The molecule has 3 aromatic rings. The predicted molar refractivity (Wildman–Crippen MR) is 79.2 cm³/mol. The Morgan fingerprint density at radius 2 is 2.21 bits per heavy atom. The molecule has 96 valence electrons. The van der Waals surface area contributed by atoms with Gasteiger partial charge in [0.25, 0.3) is 0 Å². The van der Waals surface area contributed by atoms with Crippen LogP contribution in [0, 0.1) is 0 Å². The summed E-state index contributed by atoms with van der Waals surface area (Å²) >= 11 is 2.98. The quantitative estimate of drug-likeness (QED) is 0.772. The molecule has 7 heteroatoms. The summed E-state index contributed by atoms with van der Waals surface area (Å²) in [7, 11) is 0. The molecule has 3 N–H and O–H groups in total. The van der Waals surface area contributed by atoms with E-state index in [0.29, 0.717) is 5.82 Å². The topological polar surface area (TPSA) is 76.7 Å². The minimum atomic E-state index is 0.532. The Kier molecular flexibility index (Phi) is 3.39. The number of pyridine rings is 1. The molecule has 0 aromatic carbocycles. The van der Waals surface area contributed by atoms with Crippen molar-refractivity contribution in [2.45, 2.75) is 6.54 Å². The van der Waals surface area contributed by atoms with Crippen LogP contribution in [0.2, 0.25) is 0 Å². The molecule has 0 saturated heterocycles. The summed E-state index contributed by atoms with van der Waals surface area (Å²) in [6, 6.07) is 3.87. The van der Waals surface area contributed by atoms with Gasteiger partial charge in [0.15, 0.2) is 0 Å². The first-order valence-corrected chi connectivity index (χ1v) is 7.26. The van der Waals surface area contributed by atoms with Gasteiger partial charge < -0.3 is 11.1 Å². The molecular formula is C12H11N5S2. The van der Waals surface area contributed by atoms with Crippen LogP contribution >= 0.6 is 22.9 Å². The molecule has 3 aromatic heterocycles. The van der Waals surface area contributed by atoms with E-state index in [2.05, 4.69) is 19.7 Å². The maximum Gasteiger partial charge on any atom is 0.147 e. The summed E-state index contributed by atoms with van der Waals surface area (Å²) < 4.78 is 4.21. The van der Waals surface area contributed by atoms with Gasteiger partial charge in [-0.25, -0.2) is 0 Å². The zero-order valence-electron chi connectivity index (χ0n) is 9.91. The van der Waals surface area contributed by atoms with Gasteiger partial charge in [-0.05, 0) is 17.6 Å². The summed E-state index contributed by atoms with van der Waals surface area (Å²) in [6.45, 7) is 0.722. The van der Waals surface area contributed by atoms with Crippen molar-refractivity contribution in [3.63, 3.8) is 0 Å². The van der Waals surface area contributed by atoms with Gasteiger partial charge in [-0.15, -0.1) is 11.3 Å². The first-order chi connectivity index (χ1) is 9.34. The Bertz CT molecular complexity index is 648. The molecule has 3 rings (SSSR count). The van der Waals surface area contributed by atoms with Crippen molar-refractivity contribution >= 4 is 33.7 Å². The van der Waals surface area contributed by atoms with E-state index in [1.165, 1.54) is 16.4 Å². The second kappa shape index (κ2) is 5.33. The molecule has 0 saturated carbocycles. The van der Waals surface area contributed by atoms with Crippen LogP contribution in [0.3, 0.4) is 0 Å². The number of nitrogens with one attached hydrogen (secondary N) is 1. The third-order valence-electron chi connectivity index (χ3n) is 2.58. The van der Waals surface area contributed by atoms with Crippen molar-refractivity contribution in [2.75, 3.05) is 11.1 Å². The Morgan fingerprint density at radius 3 is 2.95 bits per heavy atom. The van der Waals surface area contributed by atoms with Crippen molar-refractivity contribution in [1.29, 1.82) is 0 Å². The van der Waals surface area contributed by atoms with Gasteiger partial charge in [0.05, 0.1) is 17.6 Å². The normalized spacial score (nSPS) is 10.5. The van der Waals surface area contributed by atoms with Crippen LogP contribution in [0.15, 0.2) is 36.2 Å². The summed E-state index contributed by atoms with van der Waals surface area (Å²) in [5, 5.41) is 4.31. The third-order valence-corrected chi connectivity index (χ3v) is 4.17. The number of nitrogen functional groups attached to an aromatic ring is 1. The standard InChI is InChI=1S/C12H11N5S2/c13-11-10(8-2-1-3-14-4-8)12(19-17-11)16-6-9-5-15-7-18-9/h1-5,7,16H,6H2,(H2,13,17). The maximum atomic E-state index is 5.94. The van der Waals surface area contributed by atoms with Crippen LogP contribution < -0.4 is 11.1 Å². The Hall–Kier alpha value is -1.99. The number of hydrogen-bond donors (Lipinski definition) is 2. The summed E-state index contributed by atoms with van der Waals surface area (Å²) in [4.78, 5) is 9.34. The van der Waals surface area contributed by atoms with Gasteiger partial charge >= 0.3 is 0 Å². The molecule has 19 heavy (non-hydrogen) atoms. The number of anilines is 2. The lowest BCUT2D eigenvalue weighted by atomic mass is 10.1. The summed E-state index contributed by atoms with van der Waals surface area (Å²) in [5.74, 6) is 0.532. The SMILES string of the molecule is Nc1nsc(NCc2cncs2)c1-c1cccnc1. The molecule has 0 atom stereocenters. The fraction of sp³-hybridized carbons (Fsp3) is 0.0833. The van der Waals surface area contributed by atoms with Crippen LogP contribution in [-0.4, -0.2) is 14.3 Å². The molecule has 0 amide bonds. The highest BCUT2D eigenvalue weighted by atomic mass is 32.1. The largest absolute Gasteiger partial charge is 0.382 e. The fourth-order valence-electron chi connectivity index (χ4n) is 1.71. The first kappa shape index (κ1) is 12.1. The van der Waals surface area contributed by atoms with E-state index in [-0.39, 0.29) is 0 Å². The summed E-state index contributed by atoms with van der Waals surface area (Å²) in [5.41, 5.74) is 9.66. The van der Waals surface area contributed by atoms with E-state index in [1.54, 1.807) is 23.7 Å². The molecule has 0 spiro atoms. The molecule has 0 aliphatic heterocycles. The van der Waals surface area contributed by atoms with Crippen LogP contribution in [0.1, 0.15) is 4.88 Å². The molecule has 0 radical (unpaired) electrons. The van der Waals surface area contributed by atoms with E-state index >= 15 is 0 Å². The van der Waals surface area contributed by atoms with Crippen molar-refractivity contribution in [3.8, 4) is 11.1 Å². The molecule has 5 nitrogen and oxygen atoms in total. The zero-order chi connectivity index (χ0) is 13.1. The molecular weight excluding hydrogens is 278 g/mol. The Balaban J connectivity index is 1.87. The van der Waals surface area contributed by atoms with Gasteiger partial charge in [0.2, 0.25) is 0 Å². The highest BCUT2D eigenvalue weighted by Gasteiger charge is 2.13. The lowest BCUT2D eigenvalue weighted by Crippen LogP contribution is -1.98. The van der Waals surface area contributed by atoms with Crippen LogP contribution in [0.5, 0.6) is 0 Å². The molecule has 0 fully saturated rings. The summed E-state index contributed by atoms with van der Waals surface area (Å²) in [6.07, 6.45) is 5.38. The highest BCUT2D eigenvalue weighted by Crippen LogP contribution is 2.36. The predicted octanol–water partition coefficient (Wildman–Crippen LogP) is 2.86. The smallest absolute Gasteiger partial charge is 0.147 e. The van der Waals surface area contributed by atoms with Gasteiger partial charge in [-0.2, -0.15) is 4.37 Å². The maximum absolute atomic E-state index is 5.94. The Morgan fingerprint density at radius 1 is 1.26 bits per heavy atom. The number of thiazole rings is 1. The highest BCUT2D eigenvalue weighted by molar-refractivity contribution is 7.11. The number of nitrogens with zero attached hydrogens (tertiary/aromatic N) is 3. The van der Waals surface area contributed by atoms with Gasteiger partial charge in [0.1, 0.15) is 10.8 Å². The minimum absolute atomic E-state index is 0.532. The number of aromatic nitrogens is 3. The second-order valence-corrected chi connectivity index (χ2v) is 5.58. The van der Waals surface area contributed by atoms with Gasteiger partial charge in [-0.3, -0.25) is 9.97 Å². The monoisotopic (exact) mass is 289 g/mol. The Labute approximate surface area is 118 Å². The third kappa shape index (κ3) is 2.56. The second-order valence-electron chi connectivity index (χ2n) is 3.83. The number of rotatable bonds is 4. The van der Waals surface area contributed by atoms with Crippen molar-refractivity contribution in [2.24, 2.45) is 0 Å². The van der Waals surface area contributed by atoms with Gasteiger partial charge in [0, 0.05) is 29.0 Å². The average Bonchev–Trinajstić information content (AvgIpc) is 3.07. The van der Waals surface area contributed by atoms with E-state index in [4.69, 9.17) is 5.73 Å². The molecule has 0 aliphatic carbocycles. The fourth-order valence-corrected chi connectivity index (χ4v) is 2.98. The van der Waals surface area contributed by atoms with Gasteiger partial charge in [-0.1, -0.05) is 6.07 Å². The van der Waals surface area contributed by atoms with E-state index < -0.39 is 0 Å². The molecule has 0 unspecified atom stereocenters. The van der Waals surface area contributed by atoms with Crippen molar-refractivity contribution in [3.05, 3.63) is 41.1 Å². The lowest BCUT2D eigenvalue weighted by molar-refractivity contribution is 1.19. The van der Waals surface area contributed by atoms with Crippen molar-refractivity contribution in [1.82, 2.24) is 14.3 Å². The minimum Gasteiger partial charge on any atom is -0.382 e. The zero-order valence-corrected chi connectivity index (χ0v) is 11.5. The first-order valence-electron chi connectivity index (χ1n) is 5.61.